The molecule has 1 aromatic heterocycles. The van der Waals surface area contributed by atoms with E-state index in [4.69, 9.17) is 9.47 Å². The predicted octanol–water partition coefficient (Wildman–Crippen LogP) is 5.70. The van der Waals surface area contributed by atoms with Crippen LogP contribution in [0.25, 0.3) is 11.1 Å². The molecular weight excluding hydrogens is 847 g/mol. The topological polar surface area (TPSA) is 171 Å². The number of amides is 4. The van der Waals surface area contributed by atoms with Crippen LogP contribution >= 0.6 is 11.3 Å². The summed E-state index contributed by atoms with van der Waals surface area (Å²) < 4.78 is 11.6. The van der Waals surface area contributed by atoms with Crippen molar-refractivity contribution in [1.29, 1.82) is 0 Å². The highest BCUT2D eigenvalue weighted by atomic mass is 32.1. The second-order valence-corrected chi connectivity index (χ2v) is 17.3. The molecule has 1 saturated carbocycles. The Kier molecular flexibility index (Phi) is 13.2. The number of carbonyl (C=O) groups excluding carboxylic acids is 6. The van der Waals surface area contributed by atoms with Gasteiger partial charge in [0, 0.05) is 80.7 Å². The van der Waals surface area contributed by atoms with Crippen LogP contribution in [0.15, 0.2) is 103 Å². The molecule has 5 aromatic rings. The third kappa shape index (κ3) is 9.47. The molecule has 15 nitrogen and oxygen atoms in total. The van der Waals surface area contributed by atoms with Gasteiger partial charge in [-0.05, 0) is 59.0 Å². The smallest absolute Gasteiger partial charge is 0.264 e. The molecule has 334 valence electrons. The summed E-state index contributed by atoms with van der Waals surface area (Å²) in [7, 11) is 0. The number of ether oxygens (including phenoxy) is 2. The fourth-order valence-electron chi connectivity index (χ4n) is 9.01. The molecule has 4 amide bonds. The zero-order valence-corrected chi connectivity index (χ0v) is 36.6. The minimum absolute atomic E-state index is 0.165. The maximum atomic E-state index is 13.9. The number of hydrogen-bond acceptors (Lipinski definition) is 13. The number of aromatic nitrogens is 1. The summed E-state index contributed by atoms with van der Waals surface area (Å²) in [6.07, 6.45) is 1.73. The van der Waals surface area contributed by atoms with Gasteiger partial charge < -0.3 is 24.6 Å². The Hall–Kier alpha value is -6.59. The van der Waals surface area contributed by atoms with Crippen molar-refractivity contribution in [2.75, 3.05) is 81.2 Å². The number of fused-ring (bicyclic) bond motifs is 2. The van der Waals surface area contributed by atoms with E-state index in [1.165, 1.54) is 11.3 Å². The Bertz CT molecular complexity index is 2580. The Balaban J connectivity index is 0.686. The Morgan fingerprint density at radius 2 is 1.55 bits per heavy atom. The van der Waals surface area contributed by atoms with Gasteiger partial charge in [-0.25, -0.2) is 4.98 Å². The highest BCUT2D eigenvalue weighted by Crippen LogP contribution is 2.36. The molecule has 0 radical (unpaired) electrons. The number of Topliss-reactive ketones (excluding diaryl/α,β-unsaturated/α-hetero) is 2. The van der Waals surface area contributed by atoms with Crippen LogP contribution in [-0.2, 0) is 30.4 Å². The number of nitrogens with one attached hydrogen (secondary N) is 2. The minimum Gasteiger partial charge on any atom is -0.382 e. The molecule has 65 heavy (non-hydrogen) atoms. The number of piperazine rings is 1. The van der Waals surface area contributed by atoms with Crippen LogP contribution in [-0.4, -0.2) is 127 Å². The number of imide groups is 1. The first-order valence-corrected chi connectivity index (χ1v) is 22.8. The van der Waals surface area contributed by atoms with Crippen molar-refractivity contribution in [2.45, 2.75) is 37.9 Å². The second kappa shape index (κ2) is 19.7. The molecule has 4 aliphatic rings. The average Bonchev–Trinajstić information content (AvgIpc) is 4.02. The highest BCUT2D eigenvalue weighted by Gasteiger charge is 2.45. The molecule has 9 rings (SSSR count). The predicted molar refractivity (Wildman–Crippen MR) is 245 cm³/mol. The van der Waals surface area contributed by atoms with E-state index in [9.17, 15) is 28.8 Å². The Morgan fingerprint density at radius 1 is 0.785 bits per heavy atom. The SMILES string of the molecule is O=C1CCC(N2C(=O)c3cccc(NCCOCCOCCN4CCN(c5ccc(-c6ccc7c(c6)C(=O)N(C(C(=O)Nc6nccs6)c6ccccc6)C7)cc5)CC4)c3C2=O)C(=O)C1. The molecule has 3 aliphatic heterocycles. The molecule has 0 spiro atoms. The summed E-state index contributed by atoms with van der Waals surface area (Å²) in [5, 5.41) is 8.37. The van der Waals surface area contributed by atoms with Crippen molar-refractivity contribution in [3.05, 3.63) is 130 Å². The highest BCUT2D eigenvalue weighted by molar-refractivity contribution is 7.13. The molecule has 0 bridgehead atoms. The Morgan fingerprint density at radius 3 is 2.31 bits per heavy atom. The van der Waals surface area contributed by atoms with Crippen LogP contribution in [0.3, 0.4) is 0 Å². The maximum Gasteiger partial charge on any atom is 0.264 e. The van der Waals surface area contributed by atoms with Gasteiger partial charge in [-0.3, -0.25) is 43.9 Å². The zero-order valence-electron chi connectivity index (χ0n) is 35.8. The summed E-state index contributed by atoms with van der Waals surface area (Å²) in [4.78, 5) is 89.8. The van der Waals surface area contributed by atoms with Gasteiger partial charge in [0.1, 0.15) is 11.8 Å². The summed E-state index contributed by atoms with van der Waals surface area (Å²) in [5.74, 6) is -2.06. The Labute approximate surface area is 380 Å². The number of hydrogen-bond donors (Lipinski definition) is 2. The zero-order chi connectivity index (χ0) is 44.9. The lowest BCUT2D eigenvalue weighted by Crippen LogP contribution is -2.47. The molecule has 16 heteroatoms. The van der Waals surface area contributed by atoms with Crippen molar-refractivity contribution < 1.29 is 38.2 Å². The van der Waals surface area contributed by atoms with Crippen molar-refractivity contribution in [1.82, 2.24) is 19.7 Å². The number of benzene rings is 4. The molecule has 2 atom stereocenters. The third-order valence-corrected chi connectivity index (χ3v) is 13.1. The van der Waals surface area contributed by atoms with Crippen LogP contribution in [0, 0.1) is 0 Å². The fourth-order valence-corrected chi connectivity index (χ4v) is 9.54. The first kappa shape index (κ1) is 43.7. The lowest BCUT2D eigenvalue weighted by molar-refractivity contribution is -0.132. The molecule has 2 N–H and O–H groups in total. The van der Waals surface area contributed by atoms with E-state index >= 15 is 0 Å². The van der Waals surface area contributed by atoms with Crippen molar-refractivity contribution in [3.8, 4) is 11.1 Å². The maximum absolute atomic E-state index is 13.9. The first-order chi connectivity index (χ1) is 31.7. The van der Waals surface area contributed by atoms with Gasteiger partial charge in [0.15, 0.2) is 10.9 Å². The normalized spacial score (nSPS) is 18.0. The number of ketones is 2. The second-order valence-electron chi connectivity index (χ2n) is 16.4. The molecule has 4 aromatic carbocycles. The number of nitrogens with zero attached hydrogens (tertiary/aromatic N) is 5. The van der Waals surface area contributed by atoms with E-state index in [0.717, 1.165) is 65.6 Å². The van der Waals surface area contributed by atoms with E-state index in [1.807, 2.05) is 48.5 Å². The number of rotatable bonds is 17. The summed E-state index contributed by atoms with van der Waals surface area (Å²) in [6, 6.07) is 27.1. The quantitative estimate of drug-likeness (QED) is 0.0665. The van der Waals surface area contributed by atoms with Crippen molar-refractivity contribution in [2.24, 2.45) is 0 Å². The molecule has 4 heterocycles. The van der Waals surface area contributed by atoms with Gasteiger partial charge >= 0.3 is 0 Å². The van der Waals surface area contributed by atoms with Gasteiger partial charge in [0.2, 0.25) is 0 Å². The van der Waals surface area contributed by atoms with Crippen molar-refractivity contribution in [3.63, 3.8) is 0 Å². The summed E-state index contributed by atoms with van der Waals surface area (Å²) >= 11 is 1.33. The fraction of sp³-hybridized carbons (Fsp3) is 0.327. The molecule has 1 saturated heterocycles. The van der Waals surface area contributed by atoms with E-state index in [0.29, 0.717) is 55.9 Å². The van der Waals surface area contributed by atoms with Gasteiger partial charge in [-0.1, -0.05) is 60.7 Å². The largest absolute Gasteiger partial charge is 0.382 e. The monoisotopic (exact) mass is 895 g/mol. The van der Waals surface area contributed by atoms with E-state index in [1.54, 1.807) is 34.7 Å². The third-order valence-electron chi connectivity index (χ3n) is 12.4. The molecule has 2 unspecified atom stereocenters. The first-order valence-electron chi connectivity index (χ1n) is 21.9. The van der Waals surface area contributed by atoms with Gasteiger partial charge in [0.05, 0.1) is 50.0 Å². The number of thiazole rings is 1. The summed E-state index contributed by atoms with van der Waals surface area (Å²) in [6.45, 7) is 6.96. The molecule has 1 aliphatic carbocycles. The number of carbonyl (C=O) groups is 6. The van der Waals surface area contributed by atoms with Crippen LogP contribution in [0.2, 0.25) is 0 Å². The lowest BCUT2D eigenvalue weighted by Gasteiger charge is -2.36. The lowest BCUT2D eigenvalue weighted by atomic mass is 9.92. The van der Waals surface area contributed by atoms with Gasteiger partial charge in [-0.2, -0.15) is 0 Å². The molecular formula is C49H49N7O8S. The average molecular weight is 896 g/mol. The number of anilines is 3. The molecule has 2 fully saturated rings. The van der Waals surface area contributed by atoms with Crippen LogP contribution in [0.1, 0.15) is 67.5 Å². The minimum atomic E-state index is -0.904. The summed E-state index contributed by atoms with van der Waals surface area (Å²) in [5.41, 5.74) is 6.32. The van der Waals surface area contributed by atoms with Gasteiger partial charge in [-0.15, -0.1) is 11.3 Å². The van der Waals surface area contributed by atoms with Crippen LogP contribution in [0.5, 0.6) is 0 Å². The van der Waals surface area contributed by atoms with Gasteiger partial charge in [0.25, 0.3) is 23.6 Å². The van der Waals surface area contributed by atoms with E-state index < -0.39 is 29.7 Å². The van der Waals surface area contributed by atoms with E-state index in [2.05, 4.69) is 49.7 Å². The standard InChI is InChI=1S/C49H49N7O8S/c57-37-15-16-41(42(58)30-37)56-47(61)38-7-4-8-40(43(38)48(56)62)50-17-24-63-26-27-64-25-23-53-19-21-54(22-20-53)36-13-11-32(12-14-36)34-9-10-35-31-55(46(60)39(35)29-34)44(33-5-2-1-3-6-33)45(59)52-49-51-18-28-65-49/h1-14,18,28-29,41,44,50H,15-17,19-27,30-31H2,(H,51,52,59). The van der Waals surface area contributed by atoms with Crippen LogP contribution < -0.4 is 15.5 Å². The van der Waals surface area contributed by atoms with Crippen LogP contribution in [0.4, 0.5) is 16.5 Å². The van der Waals surface area contributed by atoms with E-state index in [-0.39, 0.29) is 48.0 Å². The van der Waals surface area contributed by atoms with Crippen molar-refractivity contribution >= 4 is 63.0 Å².